The van der Waals surface area contributed by atoms with E-state index in [1.807, 2.05) is 4.68 Å². The molecule has 0 radical (unpaired) electrons. The summed E-state index contributed by atoms with van der Waals surface area (Å²) in [6.07, 6.45) is 5.72. The minimum atomic E-state index is 0.567. The van der Waals surface area contributed by atoms with Crippen LogP contribution >= 0.6 is 0 Å². The number of likely N-dealkylation sites (tertiary alicyclic amines) is 1. The van der Waals surface area contributed by atoms with Gasteiger partial charge in [-0.3, -0.25) is 0 Å². The lowest BCUT2D eigenvalue weighted by atomic mass is 9.98. The van der Waals surface area contributed by atoms with Crippen molar-refractivity contribution in [2.24, 2.45) is 0 Å². The number of hydrogen-bond acceptors (Lipinski definition) is 4. The highest BCUT2D eigenvalue weighted by Gasteiger charge is 2.22. The second kappa shape index (κ2) is 6.26. The Hall–Kier alpha value is -1.88. The van der Waals surface area contributed by atoms with Gasteiger partial charge in [0, 0.05) is 24.3 Å². The van der Waals surface area contributed by atoms with E-state index in [0.717, 1.165) is 13.1 Å². The first-order valence-electron chi connectivity index (χ1n) is 7.59. The molecule has 21 heavy (non-hydrogen) atoms. The molecular weight excluding hydrogens is 262 g/mol. The van der Waals surface area contributed by atoms with E-state index in [9.17, 15) is 0 Å². The molecule has 5 nitrogen and oxygen atoms in total. The molecule has 2 heterocycles. The van der Waals surface area contributed by atoms with Gasteiger partial charge in [-0.1, -0.05) is 12.1 Å². The van der Waals surface area contributed by atoms with Gasteiger partial charge < -0.3 is 10.2 Å². The number of hydrogen-bond donors (Lipinski definition) is 1. The van der Waals surface area contributed by atoms with E-state index in [4.69, 9.17) is 0 Å². The third-order valence-corrected chi connectivity index (χ3v) is 4.32. The topological polar surface area (TPSA) is 46.0 Å². The first kappa shape index (κ1) is 14.1. The van der Waals surface area contributed by atoms with Gasteiger partial charge in [0.25, 0.3) is 0 Å². The summed E-state index contributed by atoms with van der Waals surface area (Å²) in [4.78, 5) is 6.41. The SMILES string of the molecule is CC1CC(Nc2cccc(Cn3cncn3)c2)CCN1C. The van der Waals surface area contributed by atoms with Crippen molar-refractivity contribution in [2.75, 3.05) is 18.9 Å². The highest BCUT2D eigenvalue weighted by Crippen LogP contribution is 2.20. The van der Waals surface area contributed by atoms with Crippen LogP contribution in [-0.4, -0.2) is 45.3 Å². The van der Waals surface area contributed by atoms with Gasteiger partial charge in [0.15, 0.2) is 0 Å². The van der Waals surface area contributed by atoms with Crippen LogP contribution in [0.5, 0.6) is 0 Å². The normalized spacial score (nSPS) is 23.1. The average molecular weight is 285 g/mol. The van der Waals surface area contributed by atoms with Gasteiger partial charge in [0.2, 0.25) is 0 Å². The van der Waals surface area contributed by atoms with Crippen molar-refractivity contribution in [3.8, 4) is 0 Å². The molecule has 1 saturated heterocycles. The maximum Gasteiger partial charge on any atom is 0.137 e. The van der Waals surface area contributed by atoms with Gasteiger partial charge in [-0.05, 0) is 44.5 Å². The third-order valence-electron chi connectivity index (χ3n) is 4.32. The van der Waals surface area contributed by atoms with Crippen molar-refractivity contribution >= 4 is 5.69 Å². The zero-order chi connectivity index (χ0) is 14.7. The molecule has 5 heteroatoms. The third kappa shape index (κ3) is 3.61. The number of nitrogens with one attached hydrogen (secondary N) is 1. The predicted octanol–water partition coefficient (Wildman–Crippen LogP) is 2.22. The molecule has 1 N–H and O–H groups in total. The lowest BCUT2D eigenvalue weighted by Crippen LogP contribution is -2.42. The molecule has 1 fully saturated rings. The molecule has 2 aromatic rings. The summed E-state index contributed by atoms with van der Waals surface area (Å²) in [5.74, 6) is 0. The molecule has 1 aliphatic rings. The van der Waals surface area contributed by atoms with Crippen LogP contribution in [0.1, 0.15) is 25.3 Å². The standard InChI is InChI=1S/C16H23N5/c1-13-8-16(6-7-20(13)2)19-15-5-3-4-14(9-15)10-21-12-17-11-18-21/h3-5,9,11-13,16,19H,6-8,10H2,1-2H3. The van der Waals surface area contributed by atoms with E-state index in [2.05, 4.69) is 58.5 Å². The monoisotopic (exact) mass is 285 g/mol. The van der Waals surface area contributed by atoms with Crippen molar-refractivity contribution in [3.63, 3.8) is 0 Å². The maximum atomic E-state index is 4.15. The fourth-order valence-electron chi connectivity index (χ4n) is 2.92. The lowest BCUT2D eigenvalue weighted by Gasteiger charge is -2.35. The number of rotatable bonds is 4. The fraction of sp³-hybridized carbons (Fsp3) is 0.500. The fourth-order valence-corrected chi connectivity index (χ4v) is 2.92. The number of nitrogens with zero attached hydrogens (tertiary/aromatic N) is 4. The summed E-state index contributed by atoms with van der Waals surface area (Å²) in [6, 6.07) is 9.81. The van der Waals surface area contributed by atoms with Crippen LogP contribution in [0.15, 0.2) is 36.9 Å². The van der Waals surface area contributed by atoms with Crippen molar-refractivity contribution in [1.29, 1.82) is 0 Å². The zero-order valence-corrected chi connectivity index (χ0v) is 12.7. The van der Waals surface area contributed by atoms with E-state index >= 15 is 0 Å². The van der Waals surface area contributed by atoms with Crippen molar-refractivity contribution < 1.29 is 0 Å². The summed E-state index contributed by atoms with van der Waals surface area (Å²) in [6.45, 7) is 4.23. The minimum absolute atomic E-state index is 0.567. The molecule has 0 spiro atoms. The van der Waals surface area contributed by atoms with Gasteiger partial charge in [-0.2, -0.15) is 5.10 Å². The van der Waals surface area contributed by atoms with Crippen LogP contribution in [0.3, 0.4) is 0 Å². The molecule has 0 aliphatic carbocycles. The Morgan fingerprint density at radius 1 is 1.38 bits per heavy atom. The molecule has 2 atom stereocenters. The Labute approximate surface area is 126 Å². The van der Waals surface area contributed by atoms with Crippen LogP contribution in [0.25, 0.3) is 0 Å². The second-order valence-electron chi connectivity index (χ2n) is 5.99. The molecule has 1 aliphatic heterocycles. The van der Waals surface area contributed by atoms with Crippen LogP contribution < -0.4 is 5.32 Å². The van der Waals surface area contributed by atoms with Crippen molar-refractivity contribution in [1.82, 2.24) is 19.7 Å². The maximum absolute atomic E-state index is 4.15. The highest BCUT2D eigenvalue weighted by molar-refractivity contribution is 5.46. The molecule has 0 bridgehead atoms. The van der Waals surface area contributed by atoms with Crippen molar-refractivity contribution in [3.05, 3.63) is 42.5 Å². The molecule has 1 aromatic heterocycles. The second-order valence-corrected chi connectivity index (χ2v) is 5.99. The molecule has 3 rings (SSSR count). The Morgan fingerprint density at radius 3 is 3.05 bits per heavy atom. The molecular formula is C16H23N5. The Kier molecular flexibility index (Phi) is 4.20. The molecule has 2 unspecified atom stereocenters. The molecule has 0 saturated carbocycles. The van der Waals surface area contributed by atoms with E-state index in [1.165, 1.54) is 24.1 Å². The Balaban J connectivity index is 1.63. The van der Waals surface area contributed by atoms with Crippen LogP contribution in [-0.2, 0) is 6.54 Å². The van der Waals surface area contributed by atoms with Gasteiger partial charge in [0.05, 0.1) is 6.54 Å². The zero-order valence-electron chi connectivity index (χ0n) is 12.7. The van der Waals surface area contributed by atoms with E-state index < -0.39 is 0 Å². The van der Waals surface area contributed by atoms with E-state index in [0.29, 0.717) is 12.1 Å². The summed E-state index contributed by atoms with van der Waals surface area (Å²) >= 11 is 0. The van der Waals surface area contributed by atoms with Gasteiger partial charge in [-0.25, -0.2) is 9.67 Å². The molecule has 0 amide bonds. The molecule has 112 valence electrons. The largest absolute Gasteiger partial charge is 0.382 e. The summed E-state index contributed by atoms with van der Waals surface area (Å²) < 4.78 is 1.84. The number of aromatic nitrogens is 3. The van der Waals surface area contributed by atoms with Crippen LogP contribution in [0, 0.1) is 0 Å². The van der Waals surface area contributed by atoms with Crippen LogP contribution in [0.4, 0.5) is 5.69 Å². The minimum Gasteiger partial charge on any atom is -0.382 e. The predicted molar refractivity (Wildman–Crippen MR) is 84.3 cm³/mol. The van der Waals surface area contributed by atoms with E-state index in [1.54, 1.807) is 12.7 Å². The van der Waals surface area contributed by atoms with Gasteiger partial charge in [-0.15, -0.1) is 0 Å². The quantitative estimate of drug-likeness (QED) is 0.935. The molecule has 1 aromatic carbocycles. The van der Waals surface area contributed by atoms with E-state index in [-0.39, 0.29) is 0 Å². The Bertz CT molecular complexity index is 566. The highest BCUT2D eigenvalue weighted by atomic mass is 15.3. The average Bonchev–Trinajstić information content (AvgIpc) is 2.96. The van der Waals surface area contributed by atoms with Crippen LogP contribution in [0.2, 0.25) is 0 Å². The first-order valence-corrected chi connectivity index (χ1v) is 7.59. The van der Waals surface area contributed by atoms with Gasteiger partial charge >= 0.3 is 0 Å². The smallest absolute Gasteiger partial charge is 0.137 e. The van der Waals surface area contributed by atoms with Crippen molar-refractivity contribution in [2.45, 2.75) is 38.4 Å². The number of benzene rings is 1. The number of anilines is 1. The lowest BCUT2D eigenvalue weighted by molar-refractivity contribution is 0.190. The number of piperidine rings is 1. The van der Waals surface area contributed by atoms with Gasteiger partial charge in [0.1, 0.15) is 12.7 Å². The Morgan fingerprint density at radius 2 is 2.29 bits per heavy atom. The summed E-state index contributed by atoms with van der Waals surface area (Å²) in [5.41, 5.74) is 2.45. The summed E-state index contributed by atoms with van der Waals surface area (Å²) in [7, 11) is 2.21. The summed E-state index contributed by atoms with van der Waals surface area (Å²) in [5, 5.41) is 7.83. The first-order chi connectivity index (χ1) is 10.2.